The van der Waals surface area contributed by atoms with Crippen molar-refractivity contribution < 1.29 is 33.7 Å². The lowest BCUT2D eigenvalue weighted by molar-refractivity contribution is -0.137. The number of hydrogen-bond acceptors (Lipinski definition) is 5. The number of anilines is 2. The van der Waals surface area contributed by atoms with Crippen LogP contribution < -0.4 is 10.2 Å². The van der Waals surface area contributed by atoms with Gasteiger partial charge in [0.25, 0.3) is 5.91 Å². The maximum atomic E-state index is 14.3. The van der Waals surface area contributed by atoms with Crippen molar-refractivity contribution in [3.05, 3.63) is 93.3 Å². The summed E-state index contributed by atoms with van der Waals surface area (Å²) in [5, 5.41) is 22.2. The second-order valence-electron chi connectivity index (χ2n) is 11.7. The second kappa shape index (κ2) is 13.2. The standard InChI is InChI=1S/C33H36ClFN2O6/c1-19-6-5-7-24(20(19)2)31-25-15-22(34)9-12-27(25)37(17-33(3,4)18-38)32(42)28(43-31)16-29(39)36-23-10-11-26(35)21(14-23)8-13-30(40)41/h5-7,9-12,14-15,28,31,38H,8,13,16-18H2,1-4H3,(H,36,39)(H,40,41)/t28-,31+/m1/s1. The molecule has 10 heteroatoms. The summed E-state index contributed by atoms with van der Waals surface area (Å²) in [4.78, 5) is 40.0. The van der Waals surface area contributed by atoms with Gasteiger partial charge in [0.1, 0.15) is 18.0 Å². The lowest BCUT2D eigenvalue weighted by Crippen LogP contribution is -2.46. The predicted octanol–water partition coefficient (Wildman–Crippen LogP) is 5.98. The van der Waals surface area contributed by atoms with Crippen LogP contribution in [-0.4, -0.2) is 47.3 Å². The molecule has 0 radical (unpaired) electrons. The highest BCUT2D eigenvalue weighted by molar-refractivity contribution is 6.30. The first-order valence-corrected chi connectivity index (χ1v) is 14.4. The first-order valence-electron chi connectivity index (χ1n) is 14.0. The van der Waals surface area contributed by atoms with E-state index in [1.165, 1.54) is 12.1 Å². The summed E-state index contributed by atoms with van der Waals surface area (Å²) in [7, 11) is 0. The molecule has 43 heavy (non-hydrogen) atoms. The number of aryl methyl sites for hydroxylation is 2. The van der Waals surface area contributed by atoms with Crippen LogP contribution >= 0.6 is 11.6 Å². The number of fused-ring (bicyclic) bond motifs is 1. The number of amides is 2. The van der Waals surface area contributed by atoms with Gasteiger partial charge in [-0.2, -0.15) is 0 Å². The van der Waals surface area contributed by atoms with Crippen molar-refractivity contribution >= 4 is 40.8 Å². The normalized spacial score (nSPS) is 16.9. The summed E-state index contributed by atoms with van der Waals surface area (Å²) in [6.07, 6.45) is -2.59. The Hall–Kier alpha value is -3.79. The van der Waals surface area contributed by atoms with E-state index >= 15 is 0 Å². The average Bonchev–Trinajstić information content (AvgIpc) is 3.05. The minimum absolute atomic E-state index is 0.0386. The van der Waals surface area contributed by atoms with E-state index in [2.05, 4.69) is 5.32 Å². The zero-order valence-electron chi connectivity index (χ0n) is 24.6. The maximum absolute atomic E-state index is 14.3. The number of carboxylic acid groups (broad SMARTS) is 1. The number of halogens is 2. The van der Waals surface area contributed by atoms with E-state index in [1.807, 2.05) is 45.9 Å². The Labute approximate surface area is 255 Å². The highest BCUT2D eigenvalue weighted by Crippen LogP contribution is 2.42. The molecule has 3 aromatic rings. The number of hydrogen-bond donors (Lipinski definition) is 3. The van der Waals surface area contributed by atoms with Gasteiger partial charge < -0.3 is 25.2 Å². The Kier molecular flexibility index (Phi) is 9.89. The maximum Gasteiger partial charge on any atom is 0.303 e. The molecule has 1 heterocycles. The molecule has 1 aliphatic heterocycles. The van der Waals surface area contributed by atoms with Gasteiger partial charge in [-0.25, -0.2) is 4.39 Å². The third-order valence-corrected chi connectivity index (χ3v) is 7.89. The SMILES string of the molecule is Cc1cccc([C@@H]2O[C@H](CC(=O)Nc3ccc(F)c(CCC(=O)O)c3)C(=O)N(CC(C)(C)CO)c3ccc(Cl)cc32)c1C. The van der Waals surface area contributed by atoms with Crippen molar-refractivity contribution in [2.45, 2.75) is 59.2 Å². The highest BCUT2D eigenvalue weighted by atomic mass is 35.5. The smallest absolute Gasteiger partial charge is 0.303 e. The molecule has 8 nitrogen and oxygen atoms in total. The van der Waals surface area contributed by atoms with Gasteiger partial charge in [0.2, 0.25) is 5.91 Å². The average molecular weight is 611 g/mol. The fourth-order valence-corrected chi connectivity index (χ4v) is 5.29. The van der Waals surface area contributed by atoms with E-state index in [4.69, 9.17) is 21.4 Å². The Balaban J connectivity index is 1.72. The lowest BCUT2D eigenvalue weighted by atomic mass is 9.91. The van der Waals surface area contributed by atoms with Crippen LogP contribution in [0.4, 0.5) is 15.8 Å². The molecule has 0 saturated heterocycles. The Morgan fingerprint density at radius 3 is 2.53 bits per heavy atom. The minimum Gasteiger partial charge on any atom is -0.481 e. The van der Waals surface area contributed by atoms with Crippen LogP contribution in [0.15, 0.2) is 54.6 Å². The number of ether oxygens (including phenoxy) is 1. The van der Waals surface area contributed by atoms with Gasteiger partial charge in [0, 0.05) is 46.9 Å². The van der Waals surface area contributed by atoms with Gasteiger partial charge in [0.05, 0.1) is 6.42 Å². The van der Waals surface area contributed by atoms with Crippen LogP contribution in [0.25, 0.3) is 0 Å². The van der Waals surface area contributed by atoms with Gasteiger partial charge in [-0.15, -0.1) is 0 Å². The van der Waals surface area contributed by atoms with Crippen molar-refractivity contribution in [3.63, 3.8) is 0 Å². The first kappa shape index (κ1) is 32.1. The predicted molar refractivity (Wildman–Crippen MR) is 163 cm³/mol. The van der Waals surface area contributed by atoms with Gasteiger partial charge in [-0.3, -0.25) is 14.4 Å². The Morgan fingerprint density at radius 1 is 1.09 bits per heavy atom. The first-order chi connectivity index (χ1) is 20.3. The summed E-state index contributed by atoms with van der Waals surface area (Å²) in [6.45, 7) is 7.59. The highest BCUT2D eigenvalue weighted by Gasteiger charge is 2.40. The van der Waals surface area contributed by atoms with Gasteiger partial charge >= 0.3 is 5.97 Å². The molecule has 0 aliphatic carbocycles. The van der Waals surface area contributed by atoms with E-state index in [0.29, 0.717) is 16.3 Å². The molecule has 3 N–H and O–H groups in total. The molecular formula is C33H36ClFN2O6. The summed E-state index contributed by atoms with van der Waals surface area (Å²) in [5.74, 6) is -2.63. The number of aliphatic hydroxyl groups is 1. The zero-order chi connectivity index (χ0) is 31.5. The van der Waals surface area contributed by atoms with Crippen molar-refractivity contribution in [2.75, 3.05) is 23.4 Å². The Morgan fingerprint density at radius 2 is 1.84 bits per heavy atom. The van der Waals surface area contributed by atoms with E-state index in [1.54, 1.807) is 23.1 Å². The summed E-state index contributed by atoms with van der Waals surface area (Å²) >= 11 is 6.45. The topological polar surface area (TPSA) is 116 Å². The largest absolute Gasteiger partial charge is 0.481 e. The number of nitrogens with zero attached hydrogens (tertiary/aromatic N) is 1. The quantitative estimate of drug-likeness (QED) is 0.260. The number of aliphatic carboxylic acids is 1. The zero-order valence-corrected chi connectivity index (χ0v) is 25.4. The molecule has 2 atom stereocenters. The monoisotopic (exact) mass is 610 g/mol. The number of benzene rings is 3. The van der Waals surface area contributed by atoms with Crippen LogP contribution in [0.5, 0.6) is 0 Å². The van der Waals surface area contributed by atoms with Crippen molar-refractivity contribution in [3.8, 4) is 0 Å². The summed E-state index contributed by atoms with van der Waals surface area (Å²) in [6, 6.07) is 14.9. The van der Waals surface area contributed by atoms with Crippen LogP contribution in [0, 0.1) is 25.1 Å². The van der Waals surface area contributed by atoms with Gasteiger partial charge in [-0.05, 0) is 78.9 Å². The molecule has 228 valence electrons. The number of carbonyl (C=O) groups excluding carboxylic acids is 2. The number of nitrogens with one attached hydrogen (secondary N) is 1. The summed E-state index contributed by atoms with van der Waals surface area (Å²) < 4.78 is 20.8. The van der Waals surface area contributed by atoms with Crippen LogP contribution in [0.2, 0.25) is 5.02 Å². The van der Waals surface area contributed by atoms with Crippen molar-refractivity contribution in [1.82, 2.24) is 0 Å². The molecule has 0 bridgehead atoms. The fraction of sp³-hybridized carbons (Fsp3) is 0.364. The van der Waals surface area contributed by atoms with E-state index in [0.717, 1.165) is 22.8 Å². The summed E-state index contributed by atoms with van der Waals surface area (Å²) in [5.41, 5.74) is 3.82. The Bertz CT molecular complexity index is 1540. The molecule has 3 aromatic carbocycles. The molecule has 4 rings (SSSR count). The van der Waals surface area contributed by atoms with Crippen LogP contribution in [0.1, 0.15) is 60.6 Å². The van der Waals surface area contributed by atoms with Gasteiger partial charge in [-0.1, -0.05) is 43.6 Å². The number of carboxylic acids is 1. The van der Waals surface area contributed by atoms with Crippen molar-refractivity contribution in [1.29, 1.82) is 0 Å². The van der Waals surface area contributed by atoms with Crippen LogP contribution in [0.3, 0.4) is 0 Å². The third kappa shape index (κ3) is 7.60. The van der Waals surface area contributed by atoms with E-state index in [9.17, 15) is 23.9 Å². The molecule has 1 aliphatic rings. The number of aliphatic hydroxyl groups excluding tert-OH is 1. The number of rotatable bonds is 10. The number of carbonyl (C=O) groups is 3. The molecule has 0 aromatic heterocycles. The molecule has 2 amide bonds. The van der Waals surface area contributed by atoms with E-state index in [-0.39, 0.29) is 43.7 Å². The minimum atomic E-state index is -1.21. The lowest BCUT2D eigenvalue weighted by Gasteiger charge is -2.32. The third-order valence-electron chi connectivity index (χ3n) is 7.66. The molecule has 0 fully saturated rings. The van der Waals surface area contributed by atoms with Gasteiger partial charge in [0.15, 0.2) is 0 Å². The molecule has 0 unspecified atom stereocenters. The van der Waals surface area contributed by atoms with Crippen molar-refractivity contribution in [2.24, 2.45) is 5.41 Å². The molecular weight excluding hydrogens is 575 g/mol. The molecule has 0 spiro atoms. The fourth-order valence-electron chi connectivity index (χ4n) is 5.11. The second-order valence-corrected chi connectivity index (χ2v) is 12.1. The van der Waals surface area contributed by atoms with Crippen LogP contribution in [-0.2, 0) is 25.5 Å². The molecule has 0 saturated carbocycles. The van der Waals surface area contributed by atoms with E-state index < -0.39 is 41.2 Å².